The third kappa shape index (κ3) is 3.20. The number of nitrogens with zero attached hydrogens (tertiary/aromatic N) is 1. The van der Waals surface area contributed by atoms with E-state index in [9.17, 15) is 30.0 Å². The number of halogens is 3. The summed E-state index contributed by atoms with van der Waals surface area (Å²) in [5.74, 6) is 0.244. The average Bonchev–Trinajstić information content (AvgIpc) is 2.73. The van der Waals surface area contributed by atoms with Crippen LogP contribution >= 0.6 is 0 Å². The molecule has 112 valence electrons. The van der Waals surface area contributed by atoms with Crippen LogP contribution in [0.3, 0.4) is 0 Å². The van der Waals surface area contributed by atoms with Crippen LogP contribution in [0.4, 0.5) is 13.2 Å². The van der Waals surface area contributed by atoms with Gasteiger partial charge in [0.25, 0.3) is 0 Å². The van der Waals surface area contributed by atoms with Crippen molar-refractivity contribution in [2.75, 3.05) is 0 Å². The van der Waals surface area contributed by atoms with Crippen LogP contribution in [-0.2, 0) is 24.5 Å². The summed E-state index contributed by atoms with van der Waals surface area (Å²) in [6.45, 7) is 0. The molecule has 11 heteroatoms. The summed E-state index contributed by atoms with van der Waals surface area (Å²) in [6.07, 6.45) is 2.06. The normalized spacial score (nSPS) is 31.8. The summed E-state index contributed by atoms with van der Waals surface area (Å²) in [7, 11) is -11.2. The summed E-state index contributed by atoms with van der Waals surface area (Å²) < 4.78 is 86.2. The van der Waals surface area contributed by atoms with Crippen molar-refractivity contribution in [3.05, 3.63) is 4.13 Å². The zero-order valence-corrected chi connectivity index (χ0v) is 11.1. The minimum atomic E-state index is -6.10. The third-order valence-electron chi connectivity index (χ3n) is 3.40. The molecule has 0 N–H and O–H groups in total. The molecular weight excluding hydrogens is 311 g/mol. The van der Waals surface area contributed by atoms with Gasteiger partial charge in [0.1, 0.15) is 0 Å². The molecule has 0 heterocycles. The Morgan fingerprint density at radius 1 is 1.05 bits per heavy atom. The second-order valence-electron chi connectivity index (χ2n) is 4.73. The SMILES string of the molecule is O=S(=O)([N-]S(=O)(=O)C(F)(F)F)OC1CC2CCC1C2. The first-order valence-corrected chi connectivity index (χ1v) is 8.29. The lowest BCUT2D eigenvalue weighted by Gasteiger charge is -2.27. The monoisotopic (exact) mass is 322 g/mol. The van der Waals surface area contributed by atoms with E-state index in [0.717, 1.165) is 19.3 Å². The molecule has 2 aliphatic rings. The highest BCUT2D eigenvalue weighted by atomic mass is 32.3. The standard InChI is InChI=1S/C8H11F3NO5S2/c9-8(10,11)18(13,14)12-19(15,16)17-7-4-5-1-2-6(7)3-5/h5-7H,1-4H2/q-1. The molecule has 19 heavy (non-hydrogen) atoms. The summed E-state index contributed by atoms with van der Waals surface area (Å²) in [6, 6.07) is 0. The van der Waals surface area contributed by atoms with Gasteiger partial charge in [0, 0.05) is 0 Å². The molecule has 3 unspecified atom stereocenters. The summed E-state index contributed by atoms with van der Waals surface area (Å²) in [5.41, 5.74) is -5.75. The van der Waals surface area contributed by atoms with Crippen molar-refractivity contribution in [3.63, 3.8) is 0 Å². The Hall–Kier alpha value is -0.390. The fourth-order valence-corrected chi connectivity index (χ4v) is 4.63. The molecule has 0 aromatic carbocycles. The lowest BCUT2D eigenvalue weighted by molar-refractivity contribution is -0.0425. The van der Waals surface area contributed by atoms with E-state index in [-0.39, 0.29) is 5.92 Å². The van der Waals surface area contributed by atoms with E-state index in [2.05, 4.69) is 4.18 Å². The Labute approximate surface area is 108 Å². The van der Waals surface area contributed by atoms with Crippen molar-refractivity contribution < 1.29 is 34.2 Å². The van der Waals surface area contributed by atoms with Crippen molar-refractivity contribution in [2.45, 2.75) is 37.3 Å². The predicted molar refractivity (Wildman–Crippen MR) is 57.6 cm³/mol. The van der Waals surface area contributed by atoms with Crippen molar-refractivity contribution in [1.82, 2.24) is 0 Å². The van der Waals surface area contributed by atoms with Crippen molar-refractivity contribution in [3.8, 4) is 0 Å². The maximum Gasteiger partial charge on any atom is 0.480 e. The molecule has 0 aliphatic heterocycles. The zero-order valence-electron chi connectivity index (χ0n) is 9.50. The van der Waals surface area contributed by atoms with E-state index >= 15 is 0 Å². The molecule has 0 radical (unpaired) electrons. The van der Waals surface area contributed by atoms with Crippen LogP contribution in [0, 0.1) is 11.8 Å². The van der Waals surface area contributed by atoms with Gasteiger partial charge in [0.2, 0.25) is 10.3 Å². The van der Waals surface area contributed by atoms with Crippen LogP contribution < -0.4 is 0 Å². The molecule has 6 nitrogen and oxygen atoms in total. The fraction of sp³-hybridized carbons (Fsp3) is 1.00. The van der Waals surface area contributed by atoms with Gasteiger partial charge in [0.15, 0.2) is 10.0 Å². The highest BCUT2D eigenvalue weighted by molar-refractivity contribution is 8.10. The van der Waals surface area contributed by atoms with Crippen molar-refractivity contribution in [1.29, 1.82) is 0 Å². The highest BCUT2D eigenvalue weighted by Crippen LogP contribution is 2.46. The molecule has 2 rings (SSSR count). The van der Waals surface area contributed by atoms with E-state index in [1.54, 1.807) is 0 Å². The van der Waals surface area contributed by atoms with Crippen molar-refractivity contribution in [2.24, 2.45) is 11.8 Å². The molecule has 0 aromatic rings. The Morgan fingerprint density at radius 2 is 1.68 bits per heavy atom. The van der Waals surface area contributed by atoms with Gasteiger partial charge < -0.3 is 4.13 Å². The Balaban J connectivity index is 2.04. The molecule has 0 saturated heterocycles. The van der Waals surface area contributed by atoms with Gasteiger partial charge in [-0.2, -0.15) is 13.2 Å². The third-order valence-corrected chi connectivity index (χ3v) is 5.99. The first kappa shape index (κ1) is 15.0. The molecule has 2 bridgehead atoms. The lowest BCUT2D eigenvalue weighted by atomic mass is 9.98. The van der Waals surface area contributed by atoms with Gasteiger partial charge in [-0.3, -0.25) is 4.18 Å². The molecule has 3 atom stereocenters. The van der Waals surface area contributed by atoms with E-state index < -0.39 is 31.9 Å². The molecule has 0 spiro atoms. The first-order chi connectivity index (χ1) is 8.50. The molecule has 2 saturated carbocycles. The number of sulfonamides is 1. The number of hydrogen-bond donors (Lipinski definition) is 0. The smallest absolute Gasteiger partial charge is 0.404 e. The fourth-order valence-electron chi connectivity index (χ4n) is 2.64. The summed E-state index contributed by atoms with van der Waals surface area (Å²) in [5, 5.41) is 0. The minimum Gasteiger partial charge on any atom is -0.404 e. The largest absolute Gasteiger partial charge is 0.480 e. The van der Waals surface area contributed by atoms with E-state index in [1.165, 1.54) is 0 Å². The van der Waals surface area contributed by atoms with Crippen molar-refractivity contribution >= 4 is 20.3 Å². The maximum absolute atomic E-state index is 12.0. The predicted octanol–water partition coefficient (Wildman–Crippen LogP) is 1.66. The van der Waals surface area contributed by atoms with Gasteiger partial charge in [-0.05, 0) is 37.5 Å². The lowest BCUT2D eigenvalue weighted by Crippen LogP contribution is -2.28. The van der Waals surface area contributed by atoms with E-state index in [1.807, 2.05) is 4.13 Å². The second-order valence-corrected chi connectivity index (χ2v) is 7.79. The number of rotatable bonds is 4. The summed E-state index contributed by atoms with van der Waals surface area (Å²) in [4.78, 5) is 0. The van der Waals surface area contributed by atoms with Crippen LogP contribution in [0.25, 0.3) is 4.13 Å². The number of alkyl halides is 3. The number of fused-ring (bicyclic) bond motifs is 2. The highest BCUT2D eigenvalue weighted by Gasteiger charge is 2.44. The molecule has 0 amide bonds. The van der Waals surface area contributed by atoms with Crippen LogP contribution in [0.15, 0.2) is 0 Å². The number of hydrogen-bond acceptors (Lipinski definition) is 5. The molecule has 2 aliphatic carbocycles. The topological polar surface area (TPSA) is 91.6 Å². The summed E-state index contributed by atoms with van der Waals surface area (Å²) >= 11 is 0. The van der Waals surface area contributed by atoms with Crippen LogP contribution in [0.1, 0.15) is 25.7 Å². The Morgan fingerprint density at radius 3 is 2.11 bits per heavy atom. The first-order valence-electron chi connectivity index (χ1n) is 5.49. The molecule has 2 fully saturated rings. The van der Waals surface area contributed by atoms with Crippen LogP contribution in [0.5, 0.6) is 0 Å². The second kappa shape index (κ2) is 4.57. The maximum atomic E-state index is 12.0. The zero-order chi connectivity index (χ0) is 14.5. The van der Waals surface area contributed by atoms with Gasteiger partial charge in [-0.1, -0.05) is 0 Å². The average molecular weight is 322 g/mol. The van der Waals surface area contributed by atoms with Gasteiger partial charge in [-0.15, -0.1) is 0 Å². The van der Waals surface area contributed by atoms with E-state index in [4.69, 9.17) is 0 Å². The van der Waals surface area contributed by atoms with Gasteiger partial charge in [0.05, 0.1) is 6.10 Å². The Kier molecular flexibility index (Phi) is 3.61. The Bertz CT molecular complexity index is 555. The van der Waals surface area contributed by atoms with Gasteiger partial charge >= 0.3 is 5.51 Å². The minimum absolute atomic E-state index is 0.0523. The molecule has 0 aromatic heterocycles. The quantitative estimate of drug-likeness (QED) is 0.785. The van der Waals surface area contributed by atoms with Crippen LogP contribution in [0.2, 0.25) is 0 Å². The molecular formula is C8H11F3NO5S2-. The van der Waals surface area contributed by atoms with Crippen LogP contribution in [-0.4, -0.2) is 28.4 Å². The van der Waals surface area contributed by atoms with E-state index in [0.29, 0.717) is 12.3 Å². The van der Waals surface area contributed by atoms with Gasteiger partial charge in [-0.25, -0.2) is 16.8 Å².